The van der Waals surface area contributed by atoms with E-state index in [4.69, 9.17) is 9.47 Å². The number of methoxy groups -OCH3 is 1. The van der Waals surface area contributed by atoms with Gasteiger partial charge in [0.1, 0.15) is 11.5 Å². The van der Waals surface area contributed by atoms with Gasteiger partial charge in [0, 0.05) is 21.7 Å². The molecule has 0 spiro atoms. The number of carbonyl (C=O) groups excluding carboxylic acids is 3. The summed E-state index contributed by atoms with van der Waals surface area (Å²) < 4.78 is 11.1. The van der Waals surface area contributed by atoms with E-state index in [1.807, 2.05) is 55.5 Å². The van der Waals surface area contributed by atoms with Crippen LogP contribution in [0.1, 0.15) is 28.3 Å². The first-order chi connectivity index (χ1) is 22.3. The summed E-state index contributed by atoms with van der Waals surface area (Å²) in [6, 6.07) is 22.3. The second-order valence-electron chi connectivity index (χ2n) is 12.4. The molecule has 9 nitrogen and oxygen atoms in total. The largest absolute Gasteiger partial charge is 0.497 e. The maximum Gasteiger partial charge on any atom is 0.305 e. The molecule has 3 heterocycles. The second-order valence-corrected chi connectivity index (χ2v) is 14.6. The maximum atomic E-state index is 14.0. The van der Waals surface area contributed by atoms with E-state index in [9.17, 15) is 19.2 Å². The number of thioether (sulfide) groups is 1. The average Bonchev–Trinajstić information content (AvgIpc) is 3.80. The third kappa shape index (κ3) is 4.67. The Kier molecular flexibility index (Phi) is 7.06. The smallest absolute Gasteiger partial charge is 0.305 e. The fourth-order valence-electron chi connectivity index (χ4n) is 8.16. The first-order valence-corrected chi connectivity index (χ1v) is 17.0. The van der Waals surface area contributed by atoms with Crippen molar-refractivity contribution in [1.82, 2.24) is 4.98 Å². The molecule has 3 aromatic carbocycles. The van der Waals surface area contributed by atoms with Gasteiger partial charge in [0.25, 0.3) is 5.91 Å². The normalized spacial score (nSPS) is 27.3. The van der Waals surface area contributed by atoms with Gasteiger partial charge in [-0.3, -0.25) is 24.1 Å². The Morgan fingerprint density at radius 1 is 0.957 bits per heavy atom. The van der Waals surface area contributed by atoms with Crippen LogP contribution in [0.3, 0.4) is 0 Å². The number of benzene rings is 3. The van der Waals surface area contributed by atoms with E-state index < -0.39 is 0 Å². The number of aromatic amines is 1. The highest BCUT2D eigenvalue weighted by molar-refractivity contribution is 8.00. The number of hydrogen-bond donors (Lipinski definition) is 2. The lowest BCUT2D eigenvalue weighted by molar-refractivity contribution is -0.123. The van der Waals surface area contributed by atoms with E-state index in [0.717, 1.165) is 27.5 Å². The quantitative estimate of drug-likeness (QED) is 0.255. The summed E-state index contributed by atoms with van der Waals surface area (Å²) >= 11 is 2.88. The first-order valence-electron chi connectivity index (χ1n) is 15.3. The van der Waals surface area contributed by atoms with Gasteiger partial charge in [0.15, 0.2) is 6.61 Å². The van der Waals surface area contributed by atoms with Crippen LogP contribution in [0, 0.1) is 36.5 Å². The number of anilines is 2. The lowest BCUT2D eigenvalue weighted by atomic mass is 9.68. The molecule has 0 radical (unpaired) electrons. The summed E-state index contributed by atoms with van der Waals surface area (Å²) in [6.45, 7) is 1.81. The number of nitrogens with one attached hydrogen (secondary N) is 2. The zero-order valence-electron chi connectivity index (χ0n) is 25.1. The molecule has 8 rings (SSSR count). The highest BCUT2D eigenvalue weighted by atomic mass is 32.2. The fourth-order valence-corrected chi connectivity index (χ4v) is 11.0. The van der Waals surface area contributed by atoms with Crippen molar-refractivity contribution in [1.29, 1.82) is 0 Å². The summed E-state index contributed by atoms with van der Waals surface area (Å²) in [7, 11) is 1.59. The minimum atomic E-state index is -0.374. The molecule has 7 atom stereocenters. The van der Waals surface area contributed by atoms with Gasteiger partial charge >= 0.3 is 4.87 Å². The number of aromatic nitrogens is 1. The van der Waals surface area contributed by atoms with E-state index in [0.29, 0.717) is 22.9 Å². The van der Waals surface area contributed by atoms with Gasteiger partial charge in [0.2, 0.25) is 11.8 Å². The number of amides is 3. The van der Waals surface area contributed by atoms with Crippen molar-refractivity contribution < 1.29 is 23.9 Å². The van der Waals surface area contributed by atoms with E-state index in [1.54, 1.807) is 43.1 Å². The number of nitrogens with zero attached hydrogens (tertiary/aromatic N) is 1. The van der Waals surface area contributed by atoms with Gasteiger partial charge in [-0.1, -0.05) is 41.2 Å². The number of thiazole rings is 1. The highest BCUT2D eigenvalue weighted by Gasteiger charge is 2.69. The molecule has 11 heteroatoms. The molecule has 2 aliphatic heterocycles. The van der Waals surface area contributed by atoms with Gasteiger partial charge in [0.05, 0.1) is 29.7 Å². The zero-order valence-corrected chi connectivity index (χ0v) is 26.7. The summed E-state index contributed by atoms with van der Waals surface area (Å²) in [4.78, 5) is 58.4. The Morgan fingerprint density at radius 2 is 1.70 bits per heavy atom. The lowest BCUT2D eigenvalue weighted by Crippen LogP contribution is -2.42. The predicted octanol–water partition coefficient (Wildman–Crippen LogP) is 5.45. The monoisotopic (exact) mass is 653 g/mol. The molecule has 46 heavy (non-hydrogen) atoms. The molecule has 4 aromatic rings. The van der Waals surface area contributed by atoms with Crippen molar-refractivity contribution in [2.24, 2.45) is 29.6 Å². The summed E-state index contributed by atoms with van der Waals surface area (Å²) in [5.41, 5.74) is 3.30. The van der Waals surface area contributed by atoms with Crippen LogP contribution in [0.5, 0.6) is 11.5 Å². The number of imide groups is 1. The number of hydrogen-bond acceptors (Lipinski definition) is 8. The van der Waals surface area contributed by atoms with E-state index >= 15 is 0 Å². The summed E-state index contributed by atoms with van der Waals surface area (Å²) in [6.07, 6.45) is 0.814. The van der Waals surface area contributed by atoms with Crippen LogP contribution in [0.4, 0.5) is 11.4 Å². The number of ether oxygens (including phenoxy) is 2. The molecule has 2 saturated carbocycles. The molecule has 3 amide bonds. The van der Waals surface area contributed by atoms with Crippen LogP contribution in [0.25, 0.3) is 0 Å². The Hall–Kier alpha value is -4.35. The van der Waals surface area contributed by atoms with E-state index in [2.05, 4.69) is 10.3 Å². The third-order valence-corrected chi connectivity index (χ3v) is 12.6. The number of aryl methyl sites for hydroxylation is 1. The van der Waals surface area contributed by atoms with Crippen LogP contribution >= 0.6 is 23.1 Å². The molecule has 1 saturated heterocycles. The van der Waals surface area contributed by atoms with Crippen LogP contribution in [-0.2, 0) is 14.4 Å². The van der Waals surface area contributed by atoms with Crippen molar-refractivity contribution in [3.63, 3.8) is 0 Å². The molecule has 1 aromatic heterocycles. The minimum absolute atomic E-state index is 0.00889. The third-order valence-electron chi connectivity index (χ3n) is 9.98. The van der Waals surface area contributed by atoms with Crippen molar-refractivity contribution in [2.75, 3.05) is 23.9 Å². The van der Waals surface area contributed by atoms with Gasteiger partial charge in [-0.15, -0.1) is 11.8 Å². The van der Waals surface area contributed by atoms with Gasteiger partial charge in [-0.2, -0.15) is 0 Å². The zero-order chi connectivity index (χ0) is 31.7. The molecule has 4 aliphatic rings. The number of rotatable bonds is 7. The van der Waals surface area contributed by atoms with E-state index in [-0.39, 0.29) is 70.0 Å². The molecular formula is C35H31N3O6S2. The average molecular weight is 654 g/mol. The first kappa shape index (κ1) is 29.1. The predicted molar refractivity (Wildman–Crippen MR) is 176 cm³/mol. The van der Waals surface area contributed by atoms with Crippen LogP contribution in [0.15, 0.2) is 82.6 Å². The molecule has 2 N–H and O–H groups in total. The fraction of sp³-hybridized carbons (Fsp3) is 0.314. The van der Waals surface area contributed by atoms with Crippen molar-refractivity contribution in [2.45, 2.75) is 29.5 Å². The van der Waals surface area contributed by atoms with Gasteiger partial charge in [-0.25, -0.2) is 0 Å². The molecular weight excluding hydrogens is 623 g/mol. The van der Waals surface area contributed by atoms with Crippen LogP contribution < -0.4 is 24.6 Å². The lowest BCUT2D eigenvalue weighted by Gasteiger charge is -2.43. The van der Waals surface area contributed by atoms with Crippen molar-refractivity contribution in [3.05, 3.63) is 98.5 Å². The second kappa shape index (κ2) is 11.2. The summed E-state index contributed by atoms with van der Waals surface area (Å²) in [5.74, 6) is -0.0162. The van der Waals surface area contributed by atoms with Gasteiger partial charge in [-0.05, 0) is 85.2 Å². The molecule has 2 bridgehead atoms. The van der Waals surface area contributed by atoms with E-state index in [1.165, 1.54) is 16.2 Å². The Bertz CT molecular complexity index is 1920. The molecule has 234 valence electrons. The van der Waals surface area contributed by atoms with Crippen molar-refractivity contribution >= 4 is 52.2 Å². The SMILES string of the molecule is COc1ccc(NC(=O)COc2cccc([C@H]3c4sc(=O)[nH]c4SC4C3[C@H]3C[C@@H]4C4C(=O)N(c5ccc(C)cc5)C(=O)C43)c2)cc1. The number of carbonyl (C=O) groups is 3. The van der Waals surface area contributed by atoms with Crippen molar-refractivity contribution in [3.8, 4) is 11.5 Å². The minimum Gasteiger partial charge on any atom is -0.497 e. The molecule has 2 aliphatic carbocycles. The Morgan fingerprint density at radius 3 is 2.43 bits per heavy atom. The molecule has 3 fully saturated rings. The summed E-state index contributed by atoms with van der Waals surface area (Å²) in [5, 5.41) is 3.77. The Labute approximate surface area is 273 Å². The topological polar surface area (TPSA) is 118 Å². The van der Waals surface area contributed by atoms with Crippen LogP contribution in [-0.4, -0.2) is 41.7 Å². The number of fused-ring (bicyclic) bond motifs is 9. The maximum absolute atomic E-state index is 14.0. The Balaban J connectivity index is 1.07. The molecule has 4 unspecified atom stereocenters. The number of H-pyrrole nitrogens is 1. The highest BCUT2D eigenvalue weighted by Crippen LogP contribution is 2.68. The van der Waals surface area contributed by atoms with Gasteiger partial charge < -0.3 is 19.8 Å². The standard InChI is InChI=1S/C35H31N3O6S2/c1-17-6-10-20(11-7-17)38-33(40)28-23-15-24(29(28)34(38)41)30-27(23)26(31-32(45-30)37-35(42)46-31)18-4-3-5-22(14-18)44-16-25(39)36-19-8-12-21(43-2)13-9-19/h3-14,23-24,26-30H,15-16H2,1-2H3,(H,36,39)(H,37,42)/t23-,24-,26-,27?,28?,29?,30?/m1/s1. The van der Waals surface area contributed by atoms with Crippen LogP contribution in [0.2, 0.25) is 0 Å².